The van der Waals surface area contributed by atoms with Gasteiger partial charge in [-0.25, -0.2) is 9.69 Å². The number of benzene rings is 1. The number of rotatable bonds is 5. The fourth-order valence-electron chi connectivity index (χ4n) is 2.46. The Kier molecular flexibility index (Phi) is 5.20. The fraction of sp³-hybridized carbons (Fsp3) is 0.467. The van der Waals surface area contributed by atoms with Crippen molar-refractivity contribution in [1.82, 2.24) is 4.90 Å². The molecule has 1 heterocycles. The second kappa shape index (κ2) is 7.13. The van der Waals surface area contributed by atoms with E-state index in [0.717, 1.165) is 4.90 Å². The Labute approximate surface area is 133 Å². The van der Waals surface area contributed by atoms with Crippen molar-refractivity contribution in [3.8, 4) is 0 Å². The second-order valence-electron chi connectivity index (χ2n) is 5.60. The summed E-state index contributed by atoms with van der Waals surface area (Å²) in [6, 6.07) is 6.48. The lowest BCUT2D eigenvalue weighted by Gasteiger charge is -2.27. The number of aliphatic hydroxyl groups excluding tert-OH is 1. The highest BCUT2D eigenvalue weighted by molar-refractivity contribution is 5.97. The summed E-state index contributed by atoms with van der Waals surface area (Å²) >= 11 is 0. The number of azide groups is 1. The number of carbonyl (C=O) groups excluding carboxylic acids is 2. The molecule has 1 N–H and O–H groups in total. The summed E-state index contributed by atoms with van der Waals surface area (Å²) in [6.45, 7) is 3.79. The van der Waals surface area contributed by atoms with E-state index < -0.39 is 30.2 Å². The van der Waals surface area contributed by atoms with E-state index in [4.69, 9.17) is 10.3 Å². The molecule has 1 saturated heterocycles. The van der Waals surface area contributed by atoms with E-state index in [1.807, 2.05) is 13.8 Å². The maximum absolute atomic E-state index is 12.7. The molecule has 0 aliphatic carbocycles. The predicted octanol–water partition coefficient (Wildman–Crippen LogP) is 2.40. The van der Waals surface area contributed by atoms with E-state index in [1.165, 1.54) is 0 Å². The van der Waals surface area contributed by atoms with E-state index in [9.17, 15) is 14.7 Å². The van der Waals surface area contributed by atoms with Crippen LogP contribution in [-0.4, -0.2) is 40.7 Å². The summed E-state index contributed by atoms with van der Waals surface area (Å²) in [4.78, 5) is 28.1. The van der Waals surface area contributed by atoms with Gasteiger partial charge < -0.3 is 9.84 Å². The first kappa shape index (κ1) is 16.8. The molecular weight excluding hydrogens is 300 g/mol. The van der Waals surface area contributed by atoms with Crippen LogP contribution in [0.3, 0.4) is 0 Å². The van der Waals surface area contributed by atoms with Crippen molar-refractivity contribution in [2.45, 2.75) is 32.0 Å². The molecule has 0 saturated carbocycles. The third kappa shape index (κ3) is 3.44. The van der Waals surface area contributed by atoms with Crippen molar-refractivity contribution in [1.29, 1.82) is 0 Å². The number of ether oxygens (including phenoxy) is 1. The van der Waals surface area contributed by atoms with Gasteiger partial charge in [-0.3, -0.25) is 4.79 Å². The molecule has 2 rings (SSSR count). The standard InChI is InChI=1S/C15H18N4O4/c1-9(2)11-8-23-15(22)19(11)14(21)12(17-18-16)13(20)10-6-4-3-5-7-10/h3-7,9,11-13,20H,8H2,1-2H3/t11-,12+,13-/m1/s1. The van der Waals surface area contributed by atoms with Gasteiger partial charge in [-0.05, 0) is 17.0 Å². The maximum Gasteiger partial charge on any atom is 0.416 e. The van der Waals surface area contributed by atoms with Crippen LogP contribution in [0.1, 0.15) is 25.5 Å². The maximum atomic E-state index is 12.7. The Morgan fingerprint density at radius 2 is 2.09 bits per heavy atom. The lowest BCUT2D eigenvalue weighted by Crippen LogP contribution is -2.47. The van der Waals surface area contributed by atoms with Crippen LogP contribution in [0.15, 0.2) is 35.4 Å². The summed E-state index contributed by atoms with van der Waals surface area (Å²) in [5.41, 5.74) is 9.15. The van der Waals surface area contributed by atoms with E-state index in [2.05, 4.69) is 10.0 Å². The van der Waals surface area contributed by atoms with Crippen molar-refractivity contribution in [3.05, 3.63) is 46.3 Å². The van der Waals surface area contributed by atoms with Crippen LogP contribution in [0.25, 0.3) is 10.4 Å². The second-order valence-corrected chi connectivity index (χ2v) is 5.60. The number of imide groups is 1. The van der Waals surface area contributed by atoms with Crippen LogP contribution in [0.2, 0.25) is 0 Å². The molecule has 23 heavy (non-hydrogen) atoms. The third-order valence-corrected chi connectivity index (χ3v) is 3.78. The zero-order valence-corrected chi connectivity index (χ0v) is 12.9. The molecule has 8 nitrogen and oxygen atoms in total. The van der Waals surface area contributed by atoms with Crippen molar-refractivity contribution in [2.24, 2.45) is 11.0 Å². The van der Waals surface area contributed by atoms with E-state index in [-0.39, 0.29) is 12.5 Å². The van der Waals surface area contributed by atoms with Crippen LogP contribution in [0.4, 0.5) is 4.79 Å². The number of amides is 2. The number of hydrogen-bond donors (Lipinski definition) is 1. The molecule has 1 aromatic rings. The van der Waals surface area contributed by atoms with Gasteiger partial charge in [-0.1, -0.05) is 49.3 Å². The molecule has 8 heteroatoms. The molecule has 0 spiro atoms. The topological polar surface area (TPSA) is 116 Å². The third-order valence-electron chi connectivity index (χ3n) is 3.78. The van der Waals surface area contributed by atoms with Gasteiger partial charge in [0.15, 0.2) is 0 Å². The summed E-state index contributed by atoms with van der Waals surface area (Å²) < 4.78 is 4.92. The molecule has 0 radical (unpaired) electrons. The highest BCUT2D eigenvalue weighted by atomic mass is 16.6. The number of nitrogens with zero attached hydrogens (tertiary/aromatic N) is 4. The number of cyclic esters (lactones) is 1. The molecule has 1 aromatic carbocycles. The van der Waals surface area contributed by atoms with Crippen molar-refractivity contribution in [2.75, 3.05) is 6.61 Å². The molecule has 1 aliphatic heterocycles. The fourth-order valence-corrected chi connectivity index (χ4v) is 2.46. The normalized spacial score (nSPS) is 19.9. The first-order valence-corrected chi connectivity index (χ1v) is 7.24. The van der Waals surface area contributed by atoms with Gasteiger partial charge in [0, 0.05) is 4.91 Å². The minimum atomic E-state index is -1.44. The average Bonchev–Trinajstić information content (AvgIpc) is 2.94. The monoisotopic (exact) mass is 318 g/mol. The van der Waals surface area contributed by atoms with E-state index in [0.29, 0.717) is 5.56 Å². The highest BCUT2D eigenvalue weighted by Crippen LogP contribution is 2.26. The van der Waals surface area contributed by atoms with Gasteiger partial charge in [-0.15, -0.1) is 0 Å². The van der Waals surface area contributed by atoms with Gasteiger partial charge in [0.25, 0.3) is 0 Å². The van der Waals surface area contributed by atoms with Gasteiger partial charge in [0.05, 0.1) is 12.1 Å². The molecule has 0 bridgehead atoms. The Hall–Kier alpha value is -2.57. The molecule has 2 amide bonds. The van der Waals surface area contributed by atoms with Crippen molar-refractivity contribution in [3.63, 3.8) is 0 Å². The van der Waals surface area contributed by atoms with Crippen molar-refractivity contribution < 1.29 is 19.4 Å². The minimum Gasteiger partial charge on any atom is -0.447 e. The molecule has 3 atom stereocenters. The van der Waals surface area contributed by atoms with E-state index in [1.54, 1.807) is 30.3 Å². The van der Waals surface area contributed by atoms with Crippen molar-refractivity contribution >= 4 is 12.0 Å². The molecule has 0 unspecified atom stereocenters. The van der Waals surface area contributed by atoms with Gasteiger partial charge in [0.2, 0.25) is 5.91 Å². The lowest BCUT2D eigenvalue weighted by atomic mass is 9.99. The average molecular weight is 318 g/mol. The number of aliphatic hydroxyl groups is 1. The largest absolute Gasteiger partial charge is 0.447 e. The molecule has 1 aliphatic rings. The Balaban J connectivity index is 2.31. The lowest BCUT2D eigenvalue weighted by molar-refractivity contribution is -0.133. The predicted molar refractivity (Wildman–Crippen MR) is 81.2 cm³/mol. The Morgan fingerprint density at radius 1 is 1.43 bits per heavy atom. The SMILES string of the molecule is CC(C)[C@H]1COC(=O)N1C(=O)[C@@H](N=[N+]=[N-])[C@H](O)c1ccccc1. The van der Waals surface area contributed by atoms with E-state index >= 15 is 0 Å². The van der Waals surface area contributed by atoms with Crippen LogP contribution in [0, 0.1) is 5.92 Å². The first-order valence-electron chi connectivity index (χ1n) is 7.24. The van der Waals surface area contributed by atoms with Crippen LogP contribution in [0.5, 0.6) is 0 Å². The number of hydrogen-bond acceptors (Lipinski definition) is 5. The Bertz CT molecular complexity index is 628. The summed E-state index contributed by atoms with van der Waals surface area (Å²) in [5.74, 6) is -0.786. The quantitative estimate of drug-likeness (QED) is 0.509. The molecule has 0 aromatic heterocycles. The van der Waals surface area contributed by atoms with Gasteiger partial charge >= 0.3 is 6.09 Å². The van der Waals surface area contributed by atoms with Gasteiger partial charge in [-0.2, -0.15) is 0 Å². The summed E-state index contributed by atoms with van der Waals surface area (Å²) in [5, 5.41) is 13.8. The van der Waals surface area contributed by atoms with Crippen LogP contribution >= 0.6 is 0 Å². The number of carbonyl (C=O) groups is 2. The molecular formula is C15H18N4O4. The minimum absolute atomic E-state index is 0.0222. The van der Waals surface area contributed by atoms with Gasteiger partial charge in [0.1, 0.15) is 12.6 Å². The Morgan fingerprint density at radius 3 is 2.65 bits per heavy atom. The van der Waals surface area contributed by atoms with Crippen LogP contribution < -0.4 is 0 Å². The smallest absolute Gasteiger partial charge is 0.416 e. The summed E-state index contributed by atoms with van der Waals surface area (Å²) in [7, 11) is 0. The zero-order valence-electron chi connectivity index (χ0n) is 12.9. The first-order chi connectivity index (χ1) is 11.0. The molecule has 1 fully saturated rings. The van der Waals surface area contributed by atoms with Crippen LogP contribution in [-0.2, 0) is 9.53 Å². The molecule has 122 valence electrons. The highest BCUT2D eigenvalue weighted by Gasteiger charge is 2.43. The zero-order chi connectivity index (χ0) is 17.0. The summed E-state index contributed by atoms with van der Waals surface area (Å²) in [6.07, 6.45) is -2.13.